The Hall–Kier alpha value is -3.12. The number of benzene rings is 2. The zero-order valence-corrected chi connectivity index (χ0v) is 18.4. The van der Waals surface area contributed by atoms with Crippen LogP contribution in [0.25, 0.3) is 11.3 Å². The maximum Gasteiger partial charge on any atom is 0.337 e. The summed E-state index contributed by atoms with van der Waals surface area (Å²) in [4.78, 5) is 20.5. The molecule has 2 aromatic carbocycles. The Labute approximate surface area is 186 Å². The van der Waals surface area contributed by atoms with Crippen LogP contribution in [0.3, 0.4) is 0 Å². The van der Waals surface area contributed by atoms with Crippen molar-refractivity contribution in [2.24, 2.45) is 0 Å². The third-order valence-corrected chi connectivity index (χ3v) is 5.36. The lowest BCUT2D eigenvalue weighted by molar-refractivity contribution is -0.695. The van der Waals surface area contributed by atoms with Crippen LogP contribution in [-0.2, 0) is 29.0 Å². The first kappa shape index (κ1) is 22.6. The van der Waals surface area contributed by atoms with E-state index in [0.29, 0.717) is 5.56 Å². The number of hydrogen-bond acceptors (Lipinski definition) is 4. The molecule has 4 rings (SSSR count). The molecule has 0 amide bonds. The van der Waals surface area contributed by atoms with E-state index in [9.17, 15) is 4.79 Å². The quantitative estimate of drug-likeness (QED) is 0.461. The van der Waals surface area contributed by atoms with Gasteiger partial charge in [-0.05, 0) is 61.7 Å². The molecule has 162 valence electrons. The van der Waals surface area contributed by atoms with Gasteiger partial charge < -0.3 is 14.6 Å². The molecular weight excluding hydrogens is 416 g/mol. The Morgan fingerprint density at radius 3 is 2.35 bits per heavy atom. The van der Waals surface area contributed by atoms with E-state index in [0.717, 1.165) is 37.0 Å². The molecule has 1 aliphatic heterocycles. The molecule has 0 N–H and O–H groups in total. The van der Waals surface area contributed by atoms with Crippen LogP contribution in [0.15, 0.2) is 54.7 Å². The second kappa shape index (κ2) is 10.3. The highest BCUT2D eigenvalue weighted by atomic mass is 35.5. The molecule has 0 saturated heterocycles. The van der Waals surface area contributed by atoms with Crippen LogP contribution in [0.5, 0.6) is 0 Å². The third-order valence-electron chi connectivity index (χ3n) is 5.11. The fourth-order valence-corrected chi connectivity index (χ4v) is 3.84. The van der Waals surface area contributed by atoms with E-state index in [2.05, 4.69) is 27.5 Å². The van der Waals surface area contributed by atoms with Gasteiger partial charge in [0.15, 0.2) is 5.69 Å². The standard InChI is InChI=1S/C22H22ClN2O2.C2H4O2/c1-27-22(26)18-7-5-16(6-8-18)14-24-15-20(17-9-11-19(23)12-10-17)25-13-3-2-4-21(24)25;1-2(3)4/h5-12,15H,2-4,13-14H2,1H3;1H3,(H,3,4)/q+1;/p-1. The van der Waals surface area contributed by atoms with Crippen LogP contribution in [0.4, 0.5) is 0 Å². The van der Waals surface area contributed by atoms with E-state index in [1.807, 2.05) is 36.4 Å². The molecule has 1 aliphatic rings. The number of aliphatic carboxylic acids is 1. The van der Waals surface area contributed by atoms with Gasteiger partial charge in [0.25, 0.3) is 5.82 Å². The SMILES string of the molecule is CC(=O)[O-].COC(=O)c1ccc(C[n+]2cc(-c3ccc(Cl)cc3)n3c2CCCC3)cc1. The lowest BCUT2D eigenvalue weighted by atomic mass is 10.1. The lowest BCUT2D eigenvalue weighted by Gasteiger charge is -2.11. The largest absolute Gasteiger partial charge is 0.550 e. The first-order chi connectivity index (χ1) is 14.9. The minimum atomic E-state index is -1.08. The molecule has 0 aliphatic carbocycles. The van der Waals surface area contributed by atoms with Crippen molar-refractivity contribution in [3.8, 4) is 11.3 Å². The highest BCUT2D eigenvalue weighted by Gasteiger charge is 2.26. The van der Waals surface area contributed by atoms with Gasteiger partial charge >= 0.3 is 5.97 Å². The van der Waals surface area contributed by atoms with Crippen molar-refractivity contribution in [2.45, 2.75) is 39.3 Å². The summed E-state index contributed by atoms with van der Waals surface area (Å²) >= 11 is 6.06. The number of hydrogen-bond donors (Lipinski definition) is 0. The number of imidazole rings is 1. The number of carbonyl (C=O) groups excluding carboxylic acids is 2. The highest BCUT2D eigenvalue weighted by Crippen LogP contribution is 2.25. The number of aromatic nitrogens is 2. The molecule has 0 spiro atoms. The number of rotatable bonds is 4. The Morgan fingerprint density at radius 2 is 1.74 bits per heavy atom. The number of ether oxygens (including phenoxy) is 1. The molecule has 0 radical (unpaired) electrons. The van der Waals surface area contributed by atoms with Crippen molar-refractivity contribution in [1.29, 1.82) is 0 Å². The van der Waals surface area contributed by atoms with Crippen LogP contribution in [0.2, 0.25) is 5.02 Å². The topological polar surface area (TPSA) is 75.2 Å². The Kier molecular flexibility index (Phi) is 7.47. The average molecular weight is 441 g/mol. The molecule has 0 atom stereocenters. The van der Waals surface area contributed by atoms with Crippen molar-refractivity contribution >= 4 is 23.5 Å². The van der Waals surface area contributed by atoms with Crippen LogP contribution >= 0.6 is 11.6 Å². The van der Waals surface area contributed by atoms with Gasteiger partial charge in [0.1, 0.15) is 12.7 Å². The van der Waals surface area contributed by atoms with Gasteiger partial charge in [-0.2, -0.15) is 0 Å². The van der Waals surface area contributed by atoms with E-state index < -0.39 is 5.97 Å². The summed E-state index contributed by atoms with van der Waals surface area (Å²) in [5.74, 6) is -0.0382. The number of halogens is 1. The summed E-state index contributed by atoms with van der Waals surface area (Å²) in [6, 6.07) is 15.7. The summed E-state index contributed by atoms with van der Waals surface area (Å²) in [7, 11) is 1.40. The zero-order valence-electron chi connectivity index (χ0n) is 17.6. The average Bonchev–Trinajstić information content (AvgIpc) is 3.12. The summed E-state index contributed by atoms with van der Waals surface area (Å²) in [6.07, 6.45) is 5.73. The number of nitrogens with zero attached hydrogens (tertiary/aromatic N) is 2. The molecule has 6 nitrogen and oxygen atoms in total. The number of methoxy groups -OCH3 is 1. The van der Waals surface area contributed by atoms with Crippen LogP contribution < -0.4 is 9.67 Å². The van der Waals surface area contributed by atoms with E-state index in [1.54, 1.807) is 0 Å². The summed E-state index contributed by atoms with van der Waals surface area (Å²) in [6.45, 7) is 2.80. The highest BCUT2D eigenvalue weighted by molar-refractivity contribution is 6.30. The number of fused-ring (bicyclic) bond motifs is 1. The molecule has 0 fully saturated rings. The van der Waals surface area contributed by atoms with Gasteiger partial charge in [-0.25, -0.2) is 13.9 Å². The molecule has 0 bridgehead atoms. The van der Waals surface area contributed by atoms with Gasteiger partial charge in [0.2, 0.25) is 0 Å². The molecule has 7 heteroatoms. The van der Waals surface area contributed by atoms with Crippen molar-refractivity contribution < 1.29 is 24.0 Å². The summed E-state index contributed by atoms with van der Waals surface area (Å²) < 4.78 is 9.53. The van der Waals surface area contributed by atoms with Crippen molar-refractivity contribution in [3.63, 3.8) is 0 Å². The van der Waals surface area contributed by atoms with E-state index in [1.165, 1.54) is 37.0 Å². The van der Waals surface area contributed by atoms with Gasteiger partial charge in [0, 0.05) is 23.0 Å². The predicted molar refractivity (Wildman–Crippen MR) is 116 cm³/mol. The van der Waals surface area contributed by atoms with Gasteiger partial charge in [0.05, 0.1) is 19.2 Å². The normalized spacial score (nSPS) is 12.4. The molecule has 3 aromatic rings. The third kappa shape index (κ3) is 5.73. The second-order valence-corrected chi connectivity index (χ2v) is 7.79. The van der Waals surface area contributed by atoms with E-state index in [4.69, 9.17) is 26.2 Å². The fraction of sp³-hybridized carbons (Fsp3) is 0.292. The minimum absolute atomic E-state index is 0.305. The van der Waals surface area contributed by atoms with Crippen LogP contribution in [0.1, 0.15) is 41.5 Å². The van der Waals surface area contributed by atoms with Crippen molar-refractivity contribution in [2.75, 3.05) is 7.11 Å². The maximum absolute atomic E-state index is 11.6. The van der Waals surface area contributed by atoms with Gasteiger partial charge in [-0.1, -0.05) is 23.7 Å². The molecule has 31 heavy (non-hydrogen) atoms. The van der Waals surface area contributed by atoms with E-state index in [-0.39, 0.29) is 5.97 Å². The Balaban J connectivity index is 0.000000628. The zero-order chi connectivity index (χ0) is 22.4. The minimum Gasteiger partial charge on any atom is -0.550 e. The van der Waals surface area contributed by atoms with Gasteiger partial charge in [-0.15, -0.1) is 0 Å². The Morgan fingerprint density at radius 1 is 1.10 bits per heavy atom. The van der Waals surface area contributed by atoms with Crippen LogP contribution in [-0.4, -0.2) is 23.6 Å². The van der Waals surface area contributed by atoms with E-state index >= 15 is 0 Å². The fourth-order valence-electron chi connectivity index (χ4n) is 3.72. The van der Waals surface area contributed by atoms with Crippen LogP contribution in [0, 0.1) is 0 Å². The maximum atomic E-state index is 11.6. The van der Waals surface area contributed by atoms with Gasteiger partial charge in [-0.3, -0.25) is 0 Å². The number of esters is 1. The molecule has 1 aromatic heterocycles. The van der Waals surface area contributed by atoms with Crippen molar-refractivity contribution in [1.82, 2.24) is 4.57 Å². The summed E-state index contributed by atoms with van der Waals surface area (Å²) in [5, 5.41) is 9.64. The first-order valence-electron chi connectivity index (χ1n) is 10.1. The predicted octanol–water partition coefficient (Wildman–Crippen LogP) is 3.02. The smallest absolute Gasteiger partial charge is 0.337 e. The first-order valence-corrected chi connectivity index (χ1v) is 10.5. The molecule has 0 unspecified atom stereocenters. The number of carboxylic acids is 1. The molecule has 0 saturated carbocycles. The Bertz CT molecular complexity index is 1050. The summed E-state index contributed by atoms with van der Waals surface area (Å²) in [5.41, 5.74) is 4.15. The lowest BCUT2D eigenvalue weighted by Crippen LogP contribution is -2.38. The second-order valence-electron chi connectivity index (χ2n) is 7.35. The van der Waals surface area contributed by atoms with Crippen molar-refractivity contribution in [3.05, 3.63) is 76.7 Å². The molecule has 2 heterocycles. The number of carbonyl (C=O) groups is 2. The monoisotopic (exact) mass is 440 g/mol. The molecular formula is C24H25ClN2O4. The number of carboxylic acid groups (broad SMARTS) is 1.